The van der Waals surface area contributed by atoms with Gasteiger partial charge in [0.25, 0.3) is 0 Å². The lowest BCUT2D eigenvalue weighted by atomic mass is 10.1. The van der Waals surface area contributed by atoms with Crippen LogP contribution < -0.4 is 5.32 Å². The van der Waals surface area contributed by atoms with Crippen molar-refractivity contribution in [1.82, 2.24) is 20.3 Å². The van der Waals surface area contributed by atoms with Crippen LogP contribution in [0.3, 0.4) is 0 Å². The third kappa shape index (κ3) is 5.36. The molecule has 1 N–H and O–H groups in total. The van der Waals surface area contributed by atoms with Gasteiger partial charge in [-0.25, -0.2) is 4.99 Å². The van der Waals surface area contributed by atoms with Gasteiger partial charge in [-0.1, -0.05) is 19.0 Å². The maximum Gasteiger partial charge on any atom is 0.403 e. The predicted molar refractivity (Wildman–Crippen MR) is 94.1 cm³/mol. The standard InChI is InChI=1S/C17H28F3N5O/c1-5-21-16(22-11-14-10-15(12(2)3)23-26-14)25-8-6-24(7-9-25)13(4)17(18,19)20/h10,12-13H,5-9,11H2,1-4H3,(H,21,22). The van der Waals surface area contributed by atoms with Crippen LogP contribution in [0.2, 0.25) is 0 Å². The van der Waals surface area contributed by atoms with Crippen molar-refractivity contribution in [3.8, 4) is 0 Å². The number of hydrogen-bond donors (Lipinski definition) is 1. The molecule has 1 aliphatic rings. The highest BCUT2D eigenvalue weighted by Crippen LogP contribution is 2.25. The summed E-state index contributed by atoms with van der Waals surface area (Å²) in [5, 5.41) is 7.21. The van der Waals surface area contributed by atoms with Crippen LogP contribution in [-0.2, 0) is 6.54 Å². The molecule has 0 saturated carbocycles. The smallest absolute Gasteiger partial charge is 0.359 e. The first-order valence-electron chi connectivity index (χ1n) is 9.01. The summed E-state index contributed by atoms with van der Waals surface area (Å²) in [6.45, 7) is 9.99. The first kappa shape index (κ1) is 20.5. The number of hydrogen-bond acceptors (Lipinski definition) is 4. The zero-order valence-electron chi connectivity index (χ0n) is 15.8. The second kappa shape index (κ2) is 8.75. The van der Waals surface area contributed by atoms with E-state index >= 15 is 0 Å². The Morgan fingerprint density at radius 1 is 1.27 bits per heavy atom. The first-order chi connectivity index (χ1) is 12.2. The van der Waals surface area contributed by atoms with Crippen molar-refractivity contribution in [3.63, 3.8) is 0 Å². The maximum absolute atomic E-state index is 12.9. The molecule has 1 saturated heterocycles. The van der Waals surface area contributed by atoms with Crippen LogP contribution in [0, 0.1) is 0 Å². The monoisotopic (exact) mass is 375 g/mol. The number of rotatable bonds is 5. The Hall–Kier alpha value is -1.77. The fourth-order valence-electron chi connectivity index (χ4n) is 2.78. The molecule has 6 nitrogen and oxygen atoms in total. The number of aromatic nitrogens is 1. The van der Waals surface area contributed by atoms with Crippen molar-refractivity contribution in [3.05, 3.63) is 17.5 Å². The Morgan fingerprint density at radius 3 is 2.42 bits per heavy atom. The molecule has 2 rings (SSSR count). The molecule has 0 radical (unpaired) electrons. The van der Waals surface area contributed by atoms with E-state index < -0.39 is 12.2 Å². The molecule has 0 amide bonds. The Balaban J connectivity index is 1.97. The van der Waals surface area contributed by atoms with Crippen molar-refractivity contribution in [2.24, 2.45) is 4.99 Å². The van der Waals surface area contributed by atoms with Crippen LogP contribution in [0.4, 0.5) is 13.2 Å². The van der Waals surface area contributed by atoms with E-state index in [2.05, 4.69) is 15.5 Å². The number of alkyl halides is 3. The molecule has 0 bridgehead atoms. The summed E-state index contributed by atoms with van der Waals surface area (Å²) < 4.78 is 43.9. The van der Waals surface area contributed by atoms with Gasteiger partial charge in [0.15, 0.2) is 11.7 Å². The van der Waals surface area contributed by atoms with Crippen LogP contribution in [0.1, 0.15) is 45.1 Å². The summed E-state index contributed by atoms with van der Waals surface area (Å²) in [4.78, 5) is 8.01. The highest BCUT2D eigenvalue weighted by molar-refractivity contribution is 5.80. The first-order valence-corrected chi connectivity index (χ1v) is 9.01. The number of aliphatic imine (C=N–C) groups is 1. The van der Waals surface area contributed by atoms with Gasteiger partial charge < -0.3 is 14.7 Å². The zero-order valence-corrected chi connectivity index (χ0v) is 15.8. The molecule has 1 aromatic heterocycles. The Kier molecular flexibility index (Phi) is 6.91. The largest absolute Gasteiger partial charge is 0.403 e. The normalized spacial score (nSPS) is 18.5. The molecule has 0 spiro atoms. The number of halogens is 3. The van der Waals surface area contributed by atoms with Crippen LogP contribution >= 0.6 is 0 Å². The minimum absolute atomic E-state index is 0.286. The third-order valence-corrected chi connectivity index (χ3v) is 4.52. The lowest BCUT2D eigenvalue weighted by Crippen LogP contribution is -2.56. The Bertz CT molecular complexity index is 591. The summed E-state index contributed by atoms with van der Waals surface area (Å²) in [7, 11) is 0. The van der Waals surface area contributed by atoms with Gasteiger partial charge >= 0.3 is 6.18 Å². The summed E-state index contributed by atoms with van der Waals surface area (Å²) in [5.74, 6) is 1.65. The highest BCUT2D eigenvalue weighted by Gasteiger charge is 2.41. The van der Waals surface area contributed by atoms with Crippen molar-refractivity contribution in [2.45, 2.75) is 52.4 Å². The molecule has 9 heteroatoms. The van der Waals surface area contributed by atoms with Crippen molar-refractivity contribution in [2.75, 3.05) is 32.7 Å². The van der Waals surface area contributed by atoms with E-state index in [4.69, 9.17) is 4.52 Å². The minimum Gasteiger partial charge on any atom is -0.359 e. The fraction of sp³-hybridized carbons (Fsp3) is 0.765. The van der Waals surface area contributed by atoms with Gasteiger partial charge in [0, 0.05) is 38.8 Å². The molecule has 26 heavy (non-hydrogen) atoms. The van der Waals surface area contributed by atoms with Crippen LogP contribution in [0.15, 0.2) is 15.6 Å². The van der Waals surface area contributed by atoms with E-state index in [0.717, 1.165) is 5.69 Å². The zero-order chi connectivity index (χ0) is 19.3. The number of guanidine groups is 1. The van der Waals surface area contributed by atoms with Gasteiger partial charge in [-0.2, -0.15) is 13.2 Å². The van der Waals surface area contributed by atoms with Crippen LogP contribution in [0.5, 0.6) is 0 Å². The molecule has 2 heterocycles. The van der Waals surface area contributed by atoms with Gasteiger partial charge in [0.05, 0.1) is 5.69 Å². The molecule has 1 unspecified atom stereocenters. The topological polar surface area (TPSA) is 56.9 Å². The van der Waals surface area contributed by atoms with Gasteiger partial charge in [-0.3, -0.25) is 4.90 Å². The van der Waals surface area contributed by atoms with Crippen molar-refractivity contribution in [1.29, 1.82) is 0 Å². The predicted octanol–water partition coefficient (Wildman–Crippen LogP) is 2.83. The summed E-state index contributed by atoms with van der Waals surface area (Å²) in [5.41, 5.74) is 0.884. The van der Waals surface area contributed by atoms with Gasteiger partial charge in [0.1, 0.15) is 12.6 Å². The second-order valence-corrected chi connectivity index (χ2v) is 6.78. The van der Waals surface area contributed by atoms with Crippen LogP contribution in [0.25, 0.3) is 0 Å². The van der Waals surface area contributed by atoms with Gasteiger partial charge in [-0.05, 0) is 19.8 Å². The SMILES string of the molecule is CCNC(=NCc1cc(C(C)C)no1)N1CCN(C(C)C(F)(F)F)CC1. The number of piperazine rings is 1. The van der Waals surface area contributed by atoms with Gasteiger partial charge in [-0.15, -0.1) is 0 Å². The van der Waals surface area contributed by atoms with Gasteiger partial charge in [0.2, 0.25) is 0 Å². The Morgan fingerprint density at radius 2 is 1.92 bits per heavy atom. The van der Waals surface area contributed by atoms with E-state index in [1.807, 2.05) is 31.7 Å². The number of nitrogens with zero attached hydrogens (tertiary/aromatic N) is 4. The molecular formula is C17H28F3N5O. The quantitative estimate of drug-likeness (QED) is 0.634. The maximum atomic E-state index is 12.9. The Labute approximate surface area is 152 Å². The second-order valence-electron chi connectivity index (χ2n) is 6.78. The van der Waals surface area contributed by atoms with Crippen molar-refractivity contribution < 1.29 is 17.7 Å². The summed E-state index contributed by atoms with van der Waals surface area (Å²) >= 11 is 0. The minimum atomic E-state index is -4.19. The van der Waals surface area contributed by atoms with E-state index in [-0.39, 0.29) is 5.92 Å². The average molecular weight is 375 g/mol. The van der Waals surface area contributed by atoms with E-state index in [0.29, 0.717) is 51.0 Å². The average Bonchev–Trinajstić information content (AvgIpc) is 3.06. The lowest BCUT2D eigenvalue weighted by Gasteiger charge is -2.39. The summed E-state index contributed by atoms with van der Waals surface area (Å²) in [6.07, 6.45) is -4.19. The fourth-order valence-corrected chi connectivity index (χ4v) is 2.78. The lowest BCUT2D eigenvalue weighted by molar-refractivity contribution is -0.181. The molecule has 0 aromatic carbocycles. The third-order valence-electron chi connectivity index (χ3n) is 4.52. The molecule has 1 fully saturated rings. The molecule has 148 valence electrons. The molecular weight excluding hydrogens is 347 g/mol. The summed E-state index contributed by atoms with van der Waals surface area (Å²) in [6, 6.07) is 0.466. The molecule has 0 aliphatic carbocycles. The molecule has 1 aromatic rings. The van der Waals surface area contributed by atoms with E-state index in [1.54, 1.807) is 0 Å². The van der Waals surface area contributed by atoms with Crippen LogP contribution in [-0.4, -0.2) is 65.9 Å². The molecule has 1 aliphatic heterocycles. The van der Waals surface area contributed by atoms with E-state index in [9.17, 15) is 13.2 Å². The highest BCUT2D eigenvalue weighted by atomic mass is 19.4. The molecule has 1 atom stereocenters. The van der Waals surface area contributed by atoms with E-state index in [1.165, 1.54) is 11.8 Å². The van der Waals surface area contributed by atoms with Crippen molar-refractivity contribution >= 4 is 5.96 Å². The number of nitrogens with one attached hydrogen (secondary N) is 1.